The van der Waals surface area contributed by atoms with E-state index in [-0.39, 0.29) is 25.8 Å². The lowest BCUT2D eigenvalue weighted by atomic mass is 10.1. The van der Waals surface area contributed by atoms with Crippen LogP contribution in [-0.4, -0.2) is 75.6 Å². The highest BCUT2D eigenvalue weighted by Gasteiger charge is 2.26. The molecule has 0 aliphatic rings. The predicted molar refractivity (Wildman–Crippen MR) is 183 cm³/mol. The van der Waals surface area contributed by atoms with Crippen molar-refractivity contribution >= 4 is 13.8 Å². The maximum Gasteiger partial charge on any atom is 0.472 e. The quantitative estimate of drug-likeness (QED) is 0.0249. The summed E-state index contributed by atoms with van der Waals surface area (Å²) in [5, 5.41) is 0. The van der Waals surface area contributed by atoms with Gasteiger partial charge in [-0.05, 0) is 32.1 Å². The van der Waals surface area contributed by atoms with E-state index < -0.39 is 13.9 Å². The number of phosphoric acid groups is 1. The second-order valence-corrected chi connectivity index (χ2v) is 14.7. The summed E-state index contributed by atoms with van der Waals surface area (Å²) in [6, 6.07) is 0. The Hall–Kier alpha value is -0.760. The lowest BCUT2D eigenvalue weighted by molar-refractivity contribution is -0.870. The highest BCUT2D eigenvalue weighted by molar-refractivity contribution is 7.47. The Morgan fingerprint density at radius 2 is 1.23 bits per heavy atom. The third-order valence-electron chi connectivity index (χ3n) is 7.56. The highest BCUT2D eigenvalue weighted by Crippen LogP contribution is 2.43. The molecule has 8 nitrogen and oxygen atoms in total. The molecular weight excluding hydrogens is 577 g/mol. The maximum atomic E-state index is 12.5. The van der Waals surface area contributed by atoms with Gasteiger partial charge in [-0.25, -0.2) is 4.57 Å². The third kappa shape index (κ3) is 32.6. The standard InChI is InChI=1S/C35H70NO7P/c1-6-8-10-12-14-16-18-19-21-23-25-27-30-40-32-34(33-42-44(38,39)41-31-29-36(3,4)5)43-35(37)28-26-24-22-20-17-15-13-11-9-7-2/h11,13,34H,6-10,12,14-33H2,1-5H3/p+1/b13-11-. The molecule has 0 aromatic heterocycles. The van der Waals surface area contributed by atoms with Gasteiger partial charge in [0.25, 0.3) is 0 Å². The Kier molecular flexibility index (Phi) is 29.1. The predicted octanol–water partition coefficient (Wildman–Crippen LogP) is 9.54. The Balaban J connectivity index is 4.32. The first kappa shape index (κ1) is 43.2. The summed E-state index contributed by atoms with van der Waals surface area (Å²) in [6.07, 6.45) is 28.1. The molecule has 2 unspecified atom stereocenters. The van der Waals surface area contributed by atoms with E-state index in [1.54, 1.807) is 0 Å². The molecule has 0 amide bonds. The van der Waals surface area contributed by atoms with Gasteiger partial charge in [-0.3, -0.25) is 13.8 Å². The lowest BCUT2D eigenvalue weighted by Gasteiger charge is -2.24. The van der Waals surface area contributed by atoms with Gasteiger partial charge in [0.15, 0.2) is 0 Å². The summed E-state index contributed by atoms with van der Waals surface area (Å²) in [6.45, 7) is 5.55. The maximum absolute atomic E-state index is 12.5. The van der Waals surface area contributed by atoms with E-state index in [0.29, 0.717) is 24.1 Å². The average molecular weight is 649 g/mol. The first-order chi connectivity index (χ1) is 21.1. The van der Waals surface area contributed by atoms with Crippen LogP contribution in [0, 0.1) is 0 Å². The number of carbonyl (C=O) groups excluding carboxylic acids is 1. The van der Waals surface area contributed by atoms with Crippen LogP contribution in [-0.2, 0) is 27.9 Å². The van der Waals surface area contributed by atoms with E-state index in [2.05, 4.69) is 26.0 Å². The van der Waals surface area contributed by atoms with E-state index in [4.69, 9.17) is 18.5 Å². The molecule has 0 rings (SSSR count). The van der Waals surface area contributed by atoms with Crippen LogP contribution in [0.3, 0.4) is 0 Å². The number of ether oxygens (including phenoxy) is 2. The van der Waals surface area contributed by atoms with Crippen LogP contribution in [0.15, 0.2) is 12.2 Å². The van der Waals surface area contributed by atoms with Crippen molar-refractivity contribution in [2.75, 3.05) is 54.1 Å². The molecule has 0 bridgehead atoms. The zero-order valence-electron chi connectivity index (χ0n) is 29.4. The van der Waals surface area contributed by atoms with Crippen molar-refractivity contribution in [3.8, 4) is 0 Å². The largest absolute Gasteiger partial charge is 0.472 e. The van der Waals surface area contributed by atoms with Gasteiger partial charge in [0, 0.05) is 13.0 Å². The van der Waals surface area contributed by atoms with Gasteiger partial charge in [0.1, 0.15) is 19.3 Å². The van der Waals surface area contributed by atoms with Crippen LogP contribution >= 0.6 is 7.82 Å². The number of hydrogen-bond acceptors (Lipinski definition) is 6. The third-order valence-corrected chi connectivity index (χ3v) is 8.54. The molecule has 1 N–H and O–H groups in total. The summed E-state index contributed by atoms with van der Waals surface area (Å²) >= 11 is 0. The normalized spacial score (nSPS) is 14.2. The topological polar surface area (TPSA) is 91.3 Å². The summed E-state index contributed by atoms with van der Waals surface area (Å²) in [4.78, 5) is 22.6. The number of nitrogens with zero attached hydrogens (tertiary/aromatic N) is 1. The zero-order valence-corrected chi connectivity index (χ0v) is 30.3. The van der Waals surface area contributed by atoms with Crippen molar-refractivity contribution in [2.45, 2.75) is 155 Å². The molecule has 0 aliphatic heterocycles. The Morgan fingerprint density at radius 3 is 1.82 bits per heavy atom. The summed E-state index contributed by atoms with van der Waals surface area (Å²) in [5.74, 6) is -0.325. The van der Waals surface area contributed by atoms with E-state index in [0.717, 1.165) is 51.4 Å². The SMILES string of the molecule is CCC/C=C\CCCCCCCC(=O)OC(COCCCCCCCCCCCCCC)COP(=O)(O)OCC[N+](C)(C)C. The van der Waals surface area contributed by atoms with E-state index in [1.807, 2.05) is 21.1 Å². The van der Waals surface area contributed by atoms with Gasteiger partial charge >= 0.3 is 13.8 Å². The Bertz CT molecular complexity index is 726. The average Bonchev–Trinajstić information content (AvgIpc) is 2.96. The van der Waals surface area contributed by atoms with Crippen molar-refractivity contribution in [3.63, 3.8) is 0 Å². The molecule has 0 fully saturated rings. The fourth-order valence-corrected chi connectivity index (χ4v) is 5.47. The smallest absolute Gasteiger partial charge is 0.457 e. The van der Waals surface area contributed by atoms with Gasteiger partial charge in [-0.15, -0.1) is 0 Å². The molecule has 9 heteroatoms. The van der Waals surface area contributed by atoms with Crippen molar-refractivity contribution in [1.29, 1.82) is 0 Å². The van der Waals surface area contributed by atoms with Crippen LogP contribution in [0.2, 0.25) is 0 Å². The number of quaternary nitrogens is 1. The van der Waals surface area contributed by atoms with Gasteiger partial charge in [0.05, 0.1) is 34.4 Å². The highest BCUT2D eigenvalue weighted by atomic mass is 31.2. The monoisotopic (exact) mass is 648 g/mol. The van der Waals surface area contributed by atoms with Gasteiger partial charge in [0.2, 0.25) is 0 Å². The molecule has 262 valence electrons. The number of allylic oxidation sites excluding steroid dienone is 2. The molecule has 2 atom stereocenters. The van der Waals surface area contributed by atoms with Crippen LogP contribution < -0.4 is 0 Å². The Morgan fingerprint density at radius 1 is 0.682 bits per heavy atom. The molecule has 0 aliphatic carbocycles. The van der Waals surface area contributed by atoms with E-state index in [9.17, 15) is 14.3 Å². The first-order valence-corrected chi connectivity index (χ1v) is 19.4. The lowest BCUT2D eigenvalue weighted by Crippen LogP contribution is -2.37. The number of hydrogen-bond donors (Lipinski definition) is 1. The molecule has 0 aromatic rings. The number of rotatable bonds is 33. The number of carbonyl (C=O) groups is 1. The van der Waals surface area contributed by atoms with Crippen molar-refractivity contribution in [3.05, 3.63) is 12.2 Å². The molecule has 0 aromatic carbocycles. The minimum Gasteiger partial charge on any atom is -0.457 e. The number of likely N-dealkylation sites (N-methyl/N-ethyl adjacent to an activating group) is 1. The van der Waals surface area contributed by atoms with Crippen LogP contribution in [0.4, 0.5) is 0 Å². The van der Waals surface area contributed by atoms with Crippen molar-refractivity contribution in [2.24, 2.45) is 0 Å². The summed E-state index contributed by atoms with van der Waals surface area (Å²) < 4.78 is 34.7. The minimum absolute atomic E-state index is 0.0895. The van der Waals surface area contributed by atoms with E-state index in [1.165, 1.54) is 77.0 Å². The molecule has 0 saturated heterocycles. The molecule has 44 heavy (non-hydrogen) atoms. The van der Waals surface area contributed by atoms with Gasteiger partial charge in [-0.1, -0.05) is 122 Å². The van der Waals surface area contributed by atoms with Crippen molar-refractivity contribution in [1.82, 2.24) is 0 Å². The van der Waals surface area contributed by atoms with Gasteiger partial charge in [-0.2, -0.15) is 0 Å². The number of esters is 1. The molecule has 0 radical (unpaired) electrons. The fourth-order valence-electron chi connectivity index (χ4n) is 4.73. The summed E-state index contributed by atoms with van der Waals surface area (Å²) in [5.41, 5.74) is 0. The Labute approximate surface area is 271 Å². The minimum atomic E-state index is -4.26. The molecular formula is C35H71NO7P+. The number of phosphoric ester groups is 1. The molecule has 0 spiro atoms. The van der Waals surface area contributed by atoms with Crippen LogP contribution in [0.5, 0.6) is 0 Å². The second kappa shape index (κ2) is 29.6. The van der Waals surface area contributed by atoms with Crippen molar-refractivity contribution < 1.29 is 37.3 Å². The number of unbranched alkanes of at least 4 members (excludes halogenated alkanes) is 17. The van der Waals surface area contributed by atoms with Crippen LogP contribution in [0.25, 0.3) is 0 Å². The van der Waals surface area contributed by atoms with Crippen LogP contribution in [0.1, 0.15) is 149 Å². The zero-order chi connectivity index (χ0) is 32.8. The fraction of sp³-hybridized carbons (Fsp3) is 0.914. The first-order valence-electron chi connectivity index (χ1n) is 17.9. The van der Waals surface area contributed by atoms with Gasteiger partial charge < -0.3 is 18.9 Å². The molecule has 0 saturated carbocycles. The molecule has 0 heterocycles. The van der Waals surface area contributed by atoms with E-state index >= 15 is 0 Å². The second-order valence-electron chi connectivity index (χ2n) is 13.3. The summed E-state index contributed by atoms with van der Waals surface area (Å²) in [7, 11) is 1.66.